The molecule has 1 amide bonds. The fourth-order valence-electron chi connectivity index (χ4n) is 3.26. The van der Waals surface area contributed by atoms with E-state index in [1.165, 1.54) is 0 Å². The van der Waals surface area contributed by atoms with Gasteiger partial charge in [-0.25, -0.2) is 4.68 Å². The van der Waals surface area contributed by atoms with Crippen LogP contribution in [-0.2, 0) is 4.79 Å². The second-order valence-electron chi connectivity index (χ2n) is 7.69. The third-order valence-electron chi connectivity index (χ3n) is 5.13. The van der Waals surface area contributed by atoms with E-state index in [0.29, 0.717) is 11.8 Å². The van der Waals surface area contributed by atoms with Crippen molar-refractivity contribution >= 4 is 11.6 Å². The van der Waals surface area contributed by atoms with Crippen molar-refractivity contribution < 1.29 is 14.3 Å². The van der Waals surface area contributed by atoms with Crippen LogP contribution in [0, 0.1) is 5.92 Å². The third kappa shape index (κ3) is 4.30. The number of nitrogens with zero attached hydrogens (tertiary/aromatic N) is 3. The summed E-state index contributed by atoms with van der Waals surface area (Å²) in [7, 11) is 1.64. The first-order valence-electron chi connectivity index (χ1n) is 10.2. The normalized spacial score (nSPS) is 13.7. The van der Waals surface area contributed by atoms with Crippen LogP contribution in [0.1, 0.15) is 33.1 Å². The zero-order chi connectivity index (χ0) is 21.1. The molecule has 30 heavy (non-hydrogen) atoms. The lowest BCUT2D eigenvalue weighted by atomic mass is 9.85. The number of rotatable bonds is 7. The molecule has 0 atom stereocenters. The molecule has 1 aliphatic rings. The first kappa shape index (κ1) is 19.9. The fourth-order valence-corrected chi connectivity index (χ4v) is 3.26. The highest BCUT2D eigenvalue weighted by atomic mass is 16.5. The Kier molecular flexibility index (Phi) is 5.70. The SMILES string of the molecule is COc1ccc(-c2nc(OC(C)C)nn2-c2ccc(NC(=O)C3CCC3)cc2)cc1. The maximum atomic E-state index is 12.2. The topological polar surface area (TPSA) is 78.3 Å². The molecule has 0 aliphatic heterocycles. The van der Waals surface area contributed by atoms with Crippen molar-refractivity contribution in [1.29, 1.82) is 0 Å². The van der Waals surface area contributed by atoms with Gasteiger partial charge in [-0.05, 0) is 75.2 Å². The van der Waals surface area contributed by atoms with E-state index in [0.717, 1.165) is 42.0 Å². The van der Waals surface area contributed by atoms with Crippen LogP contribution in [0.3, 0.4) is 0 Å². The van der Waals surface area contributed by atoms with E-state index < -0.39 is 0 Å². The molecule has 0 radical (unpaired) electrons. The molecule has 0 unspecified atom stereocenters. The molecule has 156 valence electrons. The number of ether oxygens (including phenoxy) is 2. The summed E-state index contributed by atoms with van der Waals surface area (Å²) in [4.78, 5) is 16.8. The smallest absolute Gasteiger partial charge is 0.336 e. The van der Waals surface area contributed by atoms with E-state index in [1.54, 1.807) is 11.8 Å². The zero-order valence-electron chi connectivity index (χ0n) is 17.5. The number of anilines is 1. The van der Waals surface area contributed by atoms with Gasteiger partial charge in [-0.2, -0.15) is 4.98 Å². The number of aromatic nitrogens is 3. The summed E-state index contributed by atoms with van der Waals surface area (Å²) in [6.45, 7) is 3.88. The molecule has 0 spiro atoms. The van der Waals surface area contributed by atoms with Gasteiger partial charge in [0.15, 0.2) is 5.82 Å². The van der Waals surface area contributed by atoms with Gasteiger partial charge in [0.25, 0.3) is 0 Å². The maximum Gasteiger partial charge on any atom is 0.336 e. The number of carbonyl (C=O) groups is 1. The number of nitrogens with one attached hydrogen (secondary N) is 1. The van der Waals surface area contributed by atoms with E-state index in [-0.39, 0.29) is 17.9 Å². The predicted octanol–water partition coefficient (Wildman–Crippen LogP) is 4.47. The quantitative estimate of drug-likeness (QED) is 0.626. The van der Waals surface area contributed by atoms with Crippen LogP contribution in [-0.4, -0.2) is 33.9 Å². The Labute approximate surface area is 176 Å². The Hall–Kier alpha value is -3.35. The zero-order valence-corrected chi connectivity index (χ0v) is 17.5. The summed E-state index contributed by atoms with van der Waals surface area (Å²) in [6, 6.07) is 15.6. The average molecular weight is 406 g/mol. The number of hydrogen-bond donors (Lipinski definition) is 1. The number of benzene rings is 2. The first-order chi connectivity index (χ1) is 14.5. The lowest BCUT2D eigenvalue weighted by molar-refractivity contribution is -0.122. The standard InChI is InChI=1S/C23H26N4O3/c1-15(2)30-23-25-21(16-7-13-20(29-3)14-8-16)27(26-23)19-11-9-18(10-12-19)24-22(28)17-5-4-6-17/h7-15,17H,4-6H2,1-3H3,(H,24,28). The summed E-state index contributed by atoms with van der Waals surface area (Å²) in [6.07, 6.45) is 3.06. The molecular weight excluding hydrogens is 380 g/mol. The highest BCUT2D eigenvalue weighted by molar-refractivity contribution is 5.93. The highest BCUT2D eigenvalue weighted by Crippen LogP contribution is 2.29. The molecule has 1 saturated carbocycles. The summed E-state index contributed by atoms with van der Waals surface area (Å²) >= 11 is 0. The second-order valence-corrected chi connectivity index (χ2v) is 7.69. The average Bonchev–Trinajstić information content (AvgIpc) is 3.10. The molecular formula is C23H26N4O3. The molecule has 1 aliphatic carbocycles. The second kappa shape index (κ2) is 8.57. The van der Waals surface area contributed by atoms with Crippen molar-refractivity contribution in [2.75, 3.05) is 12.4 Å². The number of hydrogen-bond acceptors (Lipinski definition) is 5. The van der Waals surface area contributed by atoms with Gasteiger partial charge < -0.3 is 14.8 Å². The highest BCUT2D eigenvalue weighted by Gasteiger charge is 2.25. The Morgan fingerprint density at radius 3 is 2.37 bits per heavy atom. The van der Waals surface area contributed by atoms with Crippen LogP contribution in [0.5, 0.6) is 11.8 Å². The van der Waals surface area contributed by atoms with Crippen LogP contribution < -0.4 is 14.8 Å². The van der Waals surface area contributed by atoms with E-state index in [1.807, 2.05) is 62.4 Å². The maximum absolute atomic E-state index is 12.2. The first-order valence-corrected chi connectivity index (χ1v) is 10.2. The van der Waals surface area contributed by atoms with Crippen LogP contribution in [0.15, 0.2) is 48.5 Å². The van der Waals surface area contributed by atoms with Gasteiger partial charge in [0.2, 0.25) is 5.91 Å². The van der Waals surface area contributed by atoms with E-state index >= 15 is 0 Å². The van der Waals surface area contributed by atoms with Gasteiger partial charge in [-0.15, -0.1) is 5.10 Å². The molecule has 2 aromatic carbocycles. The number of amides is 1. The van der Waals surface area contributed by atoms with Gasteiger partial charge in [0.1, 0.15) is 5.75 Å². The monoisotopic (exact) mass is 406 g/mol. The number of carbonyl (C=O) groups excluding carboxylic acids is 1. The van der Waals surface area contributed by atoms with Gasteiger partial charge in [-0.3, -0.25) is 4.79 Å². The molecule has 0 saturated heterocycles. The van der Waals surface area contributed by atoms with Gasteiger partial charge in [0.05, 0.1) is 18.9 Å². The number of methoxy groups -OCH3 is 1. The summed E-state index contributed by atoms with van der Waals surface area (Å²) in [5.41, 5.74) is 2.50. The minimum Gasteiger partial charge on any atom is -0.497 e. The fraction of sp³-hybridized carbons (Fsp3) is 0.348. The minimum atomic E-state index is -0.0336. The Bertz CT molecular complexity index is 1010. The molecule has 3 aromatic rings. The van der Waals surface area contributed by atoms with Crippen molar-refractivity contribution in [1.82, 2.24) is 14.8 Å². The Balaban J connectivity index is 1.62. The molecule has 7 nitrogen and oxygen atoms in total. The predicted molar refractivity (Wildman–Crippen MR) is 115 cm³/mol. The van der Waals surface area contributed by atoms with E-state index in [4.69, 9.17) is 9.47 Å². The van der Waals surface area contributed by atoms with E-state index in [2.05, 4.69) is 15.4 Å². The lowest BCUT2D eigenvalue weighted by Gasteiger charge is -2.24. The summed E-state index contributed by atoms with van der Waals surface area (Å²) in [5, 5.41) is 7.54. The Morgan fingerprint density at radius 2 is 1.80 bits per heavy atom. The van der Waals surface area contributed by atoms with Crippen molar-refractivity contribution in [3.63, 3.8) is 0 Å². The molecule has 7 heteroatoms. The Morgan fingerprint density at radius 1 is 1.10 bits per heavy atom. The molecule has 1 aromatic heterocycles. The minimum absolute atomic E-state index is 0.0336. The van der Waals surface area contributed by atoms with Crippen LogP contribution in [0.2, 0.25) is 0 Å². The summed E-state index contributed by atoms with van der Waals surface area (Å²) in [5.74, 6) is 1.69. The van der Waals surface area contributed by atoms with Crippen LogP contribution >= 0.6 is 0 Å². The molecule has 1 fully saturated rings. The van der Waals surface area contributed by atoms with Crippen LogP contribution in [0.4, 0.5) is 5.69 Å². The van der Waals surface area contributed by atoms with Crippen molar-refractivity contribution in [2.24, 2.45) is 5.92 Å². The van der Waals surface area contributed by atoms with Gasteiger partial charge in [-0.1, -0.05) is 6.42 Å². The van der Waals surface area contributed by atoms with Crippen molar-refractivity contribution in [3.05, 3.63) is 48.5 Å². The van der Waals surface area contributed by atoms with E-state index in [9.17, 15) is 4.79 Å². The van der Waals surface area contributed by atoms with Crippen molar-refractivity contribution in [3.8, 4) is 28.8 Å². The molecule has 0 bridgehead atoms. The largest absolute Gasteiger partial charge is 0.497 e. The molecule has 1 heterocycles. The summed E-state index contributed by atoms with van der Waals surface area (Å²) < 4.78 is 12.7. The van der Waals surface area contributed by atoms with Gasteiger partial charge in [0, 0.05) is 17.2 Å². The van der Waals surface area contributed by atoms with Gasteiger partial charge >= 0.3 is 6.01 Å². The molecule has 1 N–H and O–H groups in total. The third-order valence-corrected chi connectivity index (χ3v) is 5.13. The van der Waals surface area contributed by atoms with Crippen LogP contribution in [0.25, 0.3) is 17.1 Å². The van der Waals surface area contributed by atoms with Crippen molar-refractivity contribution in [2.45, 2.75) is 39.2 Å². The molecule has 4 rings (SSSR count). The lowest BCUT2D eigenvalue weighted by Crippen LogP contribution is -2.27.